The van der Waals surface area contributed by atoms with Gasteiger partial charge in [-0.15, -0.1) is 10.3 Å². The van der Waals surface area contributed by atoms with Crippen molar-refractivity contribution in [1.29, 1.82) is 5.26 Å². The minimum Gasteiger partial charge on any atom is -0.325 e. The first-order chi connectivity index (χ1) is 5.76. The zero-order valence-corrected chi connectivity index (χ0v) is 8.53. The van der Waals surface area contributed by atoms with Crippen molar-refractivity contribution in [1.82, 2.24) is 5.06 Å². The molecule has 13 heavy (non-hydrogen) atoms. The summed E-state index contributed by atoms with van der Waals surface area (Å²) in [7, 11) is 0. The van der Waals surface area contributed by atoms with E-state index in [2.05, 4.69) is 6.07 Å². The Kier molecular flexibility index (Phi) is 2.15. The molecule has 0 aromatic rings. The predicted molar refractivity (Wildman–Crippen MR) is 47.8 cm³/mol. The second-order valence-electron chi connectivity index (χ2n) is 4.73. The second kappa shape index (κ2) is 2.68. The van der Waals surface area contributed by atoms with Crippen molar-refractivity contribution >= 4 is 0 Å². The first kappa shape index (κ1) is 10.5. The molecular formula is C9H16N3O. The number of nitriles is 1. The van der Waals surface area contributed by atoms with Crippen molar-refractivity contribution in [2.24, 2.45) is 11.7 Å². The van der Waals surface area contributed by atoms with Crippen LogP contribution in [-0.2, 0) is 5.21 Å². The van der Waals surface area contributed by atoms with Crippen LogP contribution in [0.2, 0.25) is 0 Å². The monoisotopic (exact) mass is 182 g/mol. The smallest absolute Gasteiger partial charge is 0.0835 e. The highest BCUT2D eigenvalue weighted by Crippen LogP contribution is 2.42. The van der Waals surface area contributed by atoms with Crippen LogP contribution in [0.15, 0.2) is 0 Å². The van der Waals surface area contributed by atoms with Gasteiger partial charge in [-0.25, -0.2) is 0 Å². The largest absolute Gasteiger partial charge is 0.325 e. The molecule has 0 spiro atoms. The normalized spacial score (nSPS) is 37.3. The molecule has 0 unspecified atom stereocenters. The van der Waals surface area contributed by atoms with E-state index in [4.69, 9.17) is 11.0 Å². The van der Waals surface area contributed by atoms with Crippen LogP contribution in [0.25, 0.3) is 0 Å². The van der Waals surface area contributed by atoms with Crippen LogP contribution in [0.4, 0.5) is 0 Å². The van der Waals surface area contributed by atoms with Crippen LogP contribution in [0.3, 0.4) is 0 Å². The van der Waals surface area contributed by atoms with Gasteiger partial charge in [-0.3, -0.25) is 0 Å². The zero-order chi connectivity index (χ0) is 10.4. The SMILES string of the molecule is CC1(C)[C@H](N)[C@@H](C#N)C(C)(C)N1[O]. The third-order valence-electron chi connectivity index (χ3n) is 3.12. The Balaban J connectivity index is 3.13. The van der Waals surface area contributed by atoms with Crippen LogP contribution in [0.1, 0.15) is 27.7 Å². The molecule has 0 bridgehead atoms. The minimum atomic E-state index is -0.683. The van der Waals surface area contributed by atoms with Crippen LogP contribution >= 0.6 is 0 Å². The second-order valence-corrected chi connectivity index (χ2v) is 4.73. The van der Waals surface area contributed by atoms with E-state index in [1.54, 1.807) is 27.7 Å². The van der Waals surface area contributed by atoms with Gasteiger partial charge in [0.15, 0.2) is 0 Å². The van der Waals surface area contributed by atoms with Gasteiger partial charge in [-0.05, 0) is 27.7 Å². The fraction of sp³-hybridized carbons (Fsp3) is 0.889. The third-order valence-corrected chi connectivity index (χ3v) is 3.12. The fourth-order valence-corrected chi connectivity index (χ4v) is 2.09. The molecule has 2 atom stereocenters. The molecular weight excluding hydrogens is 166 g/mol. The molecule has 1 aliphatic rings. The maximum atomic E-state index is 11.8. The van der Waals surface area contributed by atoms with E-state index in [1.807, 2.05) is 0 Å². The molecule has 0 aromatic carbocycles. The molecule has 1 aliphatic heterocycles. The van der Waals surface area contributed by atoms with Gasteiger partial charge in [0.1, 0.15) is 0 Å². The minimum absolute atomic E-state index is 0.384. The number of hydroxylamine groups is 2. The van der Waals surface area contributed by atoms with Crippen molar-refractivity contribution in [2.45, 2.75) is 44.8 Å². The summed E-state index contributed by atoms with van der Waals surface area (Å²) in [5.41, 5.74) is 4.54. The summed E-state index contributed by atoms with van der Waals surface area (Å²) in [5.74, 6) is -0.403. The predicted octanol–water partition coefficient (Wildman–Crippen LogP) is 0.672. The Labute approximate surface area is 78.9 Å². The van der Waals surface area contributed by atoms with Crippen molar-refractivity contribution in [2.75, 3.05) is 0 Å². The average Bonchev–Trinajstić information content (AvgIpc) is 2.12. The summed E-state index contributed by atoms with van der Waals surface area (Å²) in [6.45, 7) is 7.10. The quantitative estimate of drug-likeness (QED) is 0.598. The number of rotatable bonds is 0. The lowest BCUT2D eigenvalue weighted by molar-refractivity contribution is -0.247. The van der Waals surface area contributed by atoms with Crippen LogP contribution < -0.4 is 5.73 Å². The molecule has 73 valence electrons. The first-order valence-corrected chi connectivity index (χ1v) is 4.39. The van der Waals surface area contributed by atoms with E-state index in [9.17, 15) is 5.21 Å². The Bertz CT molecular complexity index is 254. The van der Waals surface area contributed by atoms with E-state index in [1.165, 1.54) is 0 Å². The van der Waals surface area contributed by atoms with Crippen LogP contribution in [-0.4, -0.2) is 22.2 Å². The fourth-order valence-electron chi connectivity index (χ4n) is 2.09. The van der Waals surface area contributed by atoms with E-state index in [-0.39, 0.29) is 6.04 Å². The summed E-state index contributed by atoms with van der Waals surface area (Å²) < 4.78 is 0. The van der Waals surface area contributed by atoms with E-state index in [0.29, 0.717) is 0 Å². The molecule has 1 rings (SSSR count). The van der Waals surface area contributed by atoms with Gasteiger partial charge in [0, 0.05) is 6.04 Å². The van der Waals surface area contributed by atoms with Crippen LogP contribution in [0, 0.1) is 17.2 Å². The number of nitrogens with zero attached hydrogens (tertiary/aromatic N) is 2. The Morgan fingerprint density at radius 1 is 1.31 bits per heavy atom. The first-order valence-electron chi connectivity index (χ1n) is 4.39. The van der Waals surface area contributed by atoms with Gasteiger partial charge in [0.25, 0.3) is 0 Å². The molecule has 0 saturated carbocycles. The van der Waals surface area contributed by atoms with Crippen molar-refractivity contribution in [3.63, 3.8) is 0 Å². The highest BCUT2D eigenvalue weighted by Gasteiger charge is 2.58. The van der Waals surface area contributed by atoms with Gasteiger partial charge in [0.2, 0.25) is 0 Å². The number of hydrogen-bond donors (Lipinski definition) is 1. The Hall–Kier alpha value is -0.630. The van der Waals surface area contributed by atoms with Crippen molar-refractivity contribution in [3.05, 3.63) is 0 Å². The molecule has 1 radical (unpaired) electrons. The van der Waals surface area contributed by atoms with Crippen molar-refractivity contribution in [3.8, 4) is 6.07 Å². The maximum absolute atomic E-state index is 11.8. The lowest BCUT2D eigenvalue weighted by atomic mass is 9.84. The highest BCUT2D eigenvalue weighted by atomic mass is 16.5. The van der Waals surface area contributed by atoms with Gasteiger partial charge >= 0.3 is 0 Å². The third kappa shape index (κ3) is 1.16. The highest BCUT2D eigenvalue weighted by molar-refractivity contribution is 5.16. The van der Waals surface area contributed by atoms with Gasteiger partial charge < -0.3 is 5.73 Å². The average molecular weight is 182 g/mol. The van der Waals surface area contributed by atoms with Gasteiger partial charge in [0.05, 0.1) is 23.1 Å². The molecule has 4 heteroatoms. The van der Waals surface area contributed by atoms with Gasteiger partial charge in [-0.2, -0.15) is 5.26 Å². The molecule has 1 fully saturated rings. The summed E-state index contributed by atoms with van der Waals surface area (Å²) in [6, 6.07) is 1.74. The van der Waals surface area contributed by atoms with Crippen molar-refractivity contribution < 1.29 is 5.21 Å². The molecule has 4 nitrogen and oxygen atoms in total. The van der Waals surface area contributed by atoms with E-state index >= 15 is 0 Å². The van der Waals surface area contributed by atoms with Gasteiger partial charge in [-0.1, -0.05) is 0 Å². The summed E-state index contributed by atoms with van der Waals surface area (Å²) in [6.07, 6.45) is 0. The molecule has 1 heterocycles. The molecule has 1 saturated heterocycles. The number of nitrogens with two attached hydrogens (primary N) is 1. The summed E-state index contributed by atoms with van der Waals surface area (Å²) >= 11 is 0. The Morgan fingerprint density at radius 3 is 1.92 bits per heavy atom. The summed E-state index contributed by atoms with van der Waals surface area (Å²) in [4.78, 5) is 0. The topological polar surface area (TPSA) is 73.0 Å². The lowest BCUT2D eigenvalue weighted by Gasteiger charge is -2.32. The summed E-state index contributed by atoms with van der Waals surface area (Å²) in [5, 5.41) is 21.7. The van der Waals surface area contributed by atoms with E-state index in [0.717, 1.165) is 5.06 Å². The standard InChI is InChI=1S/C9H16N3O/c1-8(2)6(5-10)7(11)9(3,4)12(8)13/h6-7H,11H2,1-4H3/t6-,7-/m1/s1. The molecule has 0 amide bonds. The molecule has 2 N–H and O–H groups in total. The van der Waals surface area contributed by atoms with E-state index < -0.39 is 17.0 Å². The maximum Gasteiger partial charge on any atom is 0.0835 e. The zero-order valence-electron chi connectivity index (χ0n) is 8.53. The molecule has 0 aromatic heterocycles. The van der Waals surface area contributed by atoms with Crippen LogP contribution in [0.5, 0.6) is 0 Å². The number of hydrogen-bond acceptors (Lipinski definition) is 3. The Morgan fingerprint density at radius 2 is 1.77 bits per heavy atom. The molecule has 0 aliphatic carbocycles. The lowest BCUT2D eigenvalue weighted by Crippen LogP contribution is -2.49.